The molecule has 0 saturated carbocycles. The Bertz CT molecular complexity index is 911. The van der Waals surface area contributed by atoms with E-state index in [1.807, 2.05) is 6.07 Å². The molecule has 182 valence electrons. The van der Waals surface area contributed by atoms with Gasteiger partial charge in [0.2, 0.25) is 3.79 Å². The molecule has 1 aromatic carbocycles. The number of benzene rings is 1. The summed E-state index contributed by atoms with van der Waals surface area (Å²) in [4.78, 5) is 40.2. The van der Waals surface area contributed by atoms with Crippen LogP contribution < -0.4 is 10.1 Å². The van der Waals surface area contributed by atoms with Crippen LogP contribution >= 0.6 is 46.6 Å². The largest absolute Gasteiger partial charge is 0.484 e. The third kappa shape index (κ3) is 5.65. The Morgan fingerprint density at radius 1 is 1.21 bits per heavy atom. The molecule has 0 aliphatic carbocycles. The maximum Gasteiger partial charge on any atom is 0.330 e. The van der Waals surface area contributed by atoms with Gasteiger partial charge in [0.25, 0.3) is 17.5 Å². The summed E-state index contributed by atoms with van der Waals surface area (Å²) in [5.41, 5.74) is -1.64. The van der Waals surface area contributed by atoms with Crippen molar-refractivity contribution in [2.24, 2.45) is 0 Å². The Labute approximate surface area is 211 Å². The van der Waals surface area contributed by atoms with E-state index in [-0.39, 0.29) is 12.7 Å². The van der Waals surface area contributed by atoms with Crippen molar-refractivity contribution in [2.45, 2.75) is 59.5 Å². The van der Waals surface area contributed by atoms with E-state index >= 15 is 0 Å². The number of rotatable bonds is 8. The number of esters is 1. The van der Waals surface area contributed by atoms with Crippen LogP contribution in [0.1, 0.15) is 27.7 Å². The molecule has 2 aliphatic heterocycles. The number of carbonyl (C=O) groups excluding carboxylic acids is 3. The Morgan fingerprint density at radius 3 is 2.42 bits per heavy atom. The molecule has 1 aromatic rings. The summed E-state index contributed by atoms with van der Waals surface area (Å²) in [5.74, 6) is -1.27. The zero-order valence-electron chi connectivity index (χ0n) is 18.5. The second-order valence-electron chi connectivity index (χ2n) is 8.46. The molecule has 2 saturated heterocycles. The van der Waals surface area contributed by atoms with Crippen molar-refractivity contribution < 1.29 is 28.6 Å². The summed E-state index contributed by atoms with van der Waals surface area (Å²) >= 11 is 18.4. The van der Waals surface area contributed by atoms with Gasteiger partial charge in [-0.2, -0.15) is 0 Å². The molecular formula is C21H25Cl3N2O6S. The standard InChI is InChI=1S/C21H25Cl3N2O6S/c1-12(2)32-21(25-14(27)10-30-13-8-6-5-7-9-13)17(29)26-15(19(3,4)33-18(21)26)16(28)31-11-20(22,23)24/h5-9,12,15,18H,10-11H2,1-4H3,(H,25,27)/t15-,18+,21-/m0/s1. The Morgan fingerprint density at radius 2 is 1.85 bits per heavy atom. The number of nitrogens with zero attached hydrogens (tertiary/aromatic N) is 1. The van der Waals surface area contributed by atoms with E-state index in [0.717, 1.165) is 0 Å². The molecule has 3 atom stereocenters. The van der Waals surface area contributed by atoms with E-state index in [1.54, 1.807) is 52.0 Å². The maximum absolute atomic E-state index is 13.4. The van der Waals surface area contributed by atoms with Crippen molar-refractivity contribution in [3.63, 3.8) is 0 Å². The van der Waals surface area contributed by atoms with E-state index in [4.69, 9.17) is 49.0 Å². The normalized spacial score (nSPS) is 25.9. The lowest BCUT2D eigenvalue weighted by atomic mass is 9.93. The van der Waals surface area contributed by atoms with Crippen LogP contribution in [0.25, 0.3) is 0 Å². The van der Waals surface area contributed by atoms with Crippen molar-refractivity contribution in [3.05, 3.63) is 30.3 Å². The first-order chi connectivity index (χ1) is 15.3. The molecular weight excluding hydrogens is 515 g/mol. The van der Waals surface area contributed by atoms with Gasteiger partial charge >= 0.3 is 5.97 Å². The summed E-state index contributed by atoms with van der Waals surface area (Å²) in [6, 6.07) is 7.87. The van der Waals surface area contributed by atoms with E-state index in [2.05, 4.69) is 5.32 Å². The smallest absolute Gasteiger partial charge is 0.330 e. The fourth-order valence-electron chi connectivity index (χ4n) is 3.78. The van der Waals surface area contributed by atoms with Gasteiger partial charge in [0, 0.05) is 4.75 Å². The fourth-order valence-corrected chi connectivity index (χ4v) is 5.57. The summed E-state index contributed by atoms with van der Waals surface area (Å²) in [5, 5.41) is 2.03. The van der Waals surface area contributed by atoms with E-state index in [9.17, 15) is 14.4 Å². The van der Waals surface area contributed by atoms with Gasteiger partial charge in [-0.3, -0.25) is 9.59 Å². The quantitative estimate of drug-likeness (QED) is 0.234. The van der Waals surface area contributed by atoms with Gasteiger partial charge in [-0.15, -0.1) is 11.8 Å². The second-order valence-corrected chi connectivity index (χ2v) is 12.7. The highest BCUT2D eigenvalue weighted by molar-refractivity contribution is 8.01. The Hall–Kier alpha value is -1.39. The van der Waals surface area contributed by atoms with Crippen LogP contribution in [0.15, 0.2) is 30.3 Å². The van der Waals surface area contributed by atoms with Crippen molar-refractivity contribution in [2.75, 3.05) is 13.2 Å². The predicted molar refractivity (Wildman–Crippen MR) is 126 cm³/mol. The minimum absolute atomic E-state index is 0.310. The highest BCUT2D eigenvalue weighted by Crippen LogP contribution is 2.55. The van der Waals surface area contributed by atoms with Crippen LogP contribution in [0, 0.1) is 0 Å². The molecule has 2 heterocycles. The lowest BCUT2D eigenvalue weighted by Gasteiger charge is -2.52. The number of halogens is 3. The maximum atomic E-state index is 13.4. The van der Waals surface area contributed by atoms with Crippen molar-refractivity contribution >= 4 is 64.3 Å². The Kier molecular flexibility index (Phi) is 7.70. The van der Waals surface area contributed by atoms with Crippen LogP contribution in [-0.2, 0) is 23.9 Å². The van der Waals surface area contributed by atoms with Crippen molar-refractivity contribution in [1.29, 1.82) is 0 Å². The van der Waals surface area contributed by atoms with Crippen LogP contribution in [0.3, 0.4) is 0 Å². The molecule has 2 aliphatic rings. The second kappa shape index (κ2) is 9.70. The van der Waals surface area contributed by atoms with Gasteiger partial charge in [0.15, 0.2) is 6.61 Å². The summed E-state index contributed by atoms with van der Waals surface area (Å²) in [7, 11) is 0. The van der Waals surface area contributed by atoms with E-state index in [1.165, 1.54) is 16.7 Å². The molecule has 0 radical (unpaired) electrons. The highest BCUT2D eigenvalue weighted by atomic mass is 35.6. The minimum atomic E-state index is -1.78. The lowest BCUT2D eigenvalue weighted by molar-refractivity contribution is -0.215. The van der Waals surface area contributed by atoms with Crippen LogP contribution in [0.5, 0.6) is 5.75 Å². The van der Waals surface area contributed by atoms with Crippen molar-refractivity contribution in [3.8, 4) is 5.75 Å². The number of alkyl halides is 3. The molecule has 3 rings (SSSR count). The third-order valence-electron chi connectivity index (χ3n) is 4.97. The number of hydrogen-bond donors (Lipinski definition) is 1. The van der Waals surface area contributed by atoms with Gasteiger partial charge in [-0.1, -0.05) is 53.0 Å². The van der Waals surface area contributed by atoms with E-state index in [0.29, 0.717) is 5.75 Å². The van der Waals surface area contributed by atoms with Gasteiger partial charge < -0.3 is 24.4 Å². The van der Waals surface area contributed by atoms with Crippen LogP contribution in [0.4, 0.5) is 0 Å². The first-order valence-corrected chi connectivity index (χ1v) is 12.2. The molecule has 0 bridgehead atoms. The number of ether oxygens (including phenoxy) is 3. The molecule has 2 amide bonds. The first kappa shape index (κ1) is 26.2. The molecule has 0 aromatic heterocycles. The van der Waals surface area contributed by atoms with Crippen molar-refractivity contribution in [1.82, 2.24) is 10.2 Å². The van der Waals surface area contributed by atoms with Gasteiger partial charge in [0.05, 0.1) is 6.10 Å². The zero-order chi connectivity index (χ0) is 24.6. The number of carbonyl (C=O) groups is 3. The number of amides is 2. The molecule has 33 heavy (non-hydrogen) atoms. The number of hydrogen-bond acceptors (Lipinski definition) is 7. The topological polar surface area (TPSA) is 94.2 Å². The first-order valence-electron chi connectivity index (χ1n) is 10.2. The minimum Gasteiger partial charge on any atom is -0.484 e. The lowest BCUT2D eigenvalue weighted by Crippen LogP contribution is -2.81. The molecule has 0 spiro atoms. The number of β-lactam (4-membered cyclic amide) rings is 1. The summed E-state index contributed by atoms with van der Waals surface area (Å²) in [6.07, 6.45) is -0.384. The van der Waals surface area contributed by atoms with E-state index < -0.39 is 50.1 Å². The molecule has 0 unspecified atom stereocenters. The monoisotopic (exact) mass is 538 g/mol. The average molecular weight is 540 g/mol. The fraction of sp³-hybridized carbons (Fsp3) is 0.571. The van der Waals surface area contributed by atoms with Gasteiger partial charge in [-0.25, -0.2) is 4.79 Å². The van der Waals surface area contributed by atoms with Crippen LogP contribution in [-0.4, -0.2) is 67.7 Å². The molecule has 8 nitrogen and oxygen atoms in total. The zero-order valence-corrected chi connectivity index (χ0v) is 21.6. The highest BCUT2D eigenvalue weighted by Gasteiger charge is 2.73. The van der Waals surface area contributed by atoms with Crippen LogP contribution in [0.2, 0.25) is 0 Å². The van der Waals surface area contributed by atoms with Gasteiger partial charge in [-0.05, 0) is 39.8 Å². The predicted octanol–water partition coefficient (Wildman–Crippen LogP) is 3.28. The Balaban J connectivity index is 1.76. The number of fused-ring (bicyclic) bond motifs is 1. The van der Waals surface area contributed by atoms with Gasteiger partial charge in [0.1, 0.15) is 23.8 Å². The SMILES string of the molecule is CC(C)O[C@@]1(NC(=O)COc2ccccc2)C(=O)N2[C@@H](C(=O)OCC(Cl)(Cl)Cl)C(C)(C)S[C@@H]21. The molecule has 2 fully saturated rings. The average Bonchev–Trinajstić information content (AvgIpc) is 2.99. The molecule has 12 heteroatoms. The summed E-state index contributed by atoms with van der Waals surface area (Å²) in [6.45, 7) is 6.33. The number of nitrogens with one attached hydrogen (secondary N) is 1. The molecule has 1 N–H and O–H groups in total. The number of para-hydroxylation sites is 1. The summed E-state index contributed by atoms with van der Waals surface area (Å²) < 4.78 is 14.1. The third-order valence-corrected chi connectivity index (χ3v) is 6.91. The number of thioether (sulfide) groups is 1.